The normalized spacial score (nSPS) is 13.8. The van der Waals surface area contributed by atoms with E-state index in [1.807, 2.05) is 26.8 Å². The van der Waals surface area contributed by atoms with Gasteiger partial charge in [0.25, 0.3) is 0 Å². The monoisotopic (exact) mass is 309 g/mol. The molecule has 1 heterocycles. The molecule has 114 valence electrons. The summed E-state index contributed by atoms with van der Waals surface area (Å²) in [6, 6.07) is 3.75. The van der Waals surface area contributed by atoms with Crippen LogP contribution in [0.1, 0.15) is 38.3 Å². The van der Waals surface area contributed by atoms with Gasteiger partial charge in [0.15, 0.2) is 6.73 Å². The maximum atomic E-state index is 12.1. The zero-order chi connectivity index (χ0) is 15.6. The Balaban J connectivity index is 2.11. The van der Waals surface area contributed by atoms with Crippen molar-refractivity contribution < 1.29 is 14.3 Å². The Morgan fingerprint density at radius 3 is 2.76 bits per heavy atom. The van der Waals surface area contributed by atoms with Crippen molar-refractivity contribution in [1.82, 2.24) is 0 Å². The molecule has 0 unspecified atom stereocenters. The molecule has 0 atom stereocenters. The lowest BCUT2D eigenvalue weighted by molar-refractivity contribution is -0.144. The number of halogens is 1. The molecule has 0 fully saturated rings. The average Bonchev–Trinajstić information content (AvgIpc) is 2.69. The lowest BCUT2D eigenvalue weighted by Gasteiger charge is -2.18. The highest BCUT2D eigenvalue weighted by atomic mass is 35.5. The van der Waals surface area contributed by atoms with E-state index < -0.39 is 0 Å². The Morgan fingerprint density at radius 1 is 1.43 bits per heavy atom. The first kappa shape index (κ1) is 15.8. The van der Waals surface area contributed by atoms with E-state index in [9.17, 15) is 9.59 Å². The minimum atomic E-state index is -0.289. The van der Waals surface area contributed by atoms with Crippen molar-refractivity contribution in [2.24, 2.45) is 5.92 Å². The first-order valence-corrected chi connectivity index (χ1v) is 7.57. The summed E-state index contributed by atoms with van der Waals surface area (Å²) < 4.78 is 5.18. The summed E-state index contributed by atoms with van der Waals surface area (Å²) in [5, 5.41) is 0.643. The number of carbonyl (C=O) groups is 2. The van der Waals surface area contributed by atoms with Crippen molar-refractivity contribution in [3.05, 3.63) is 28.3 Å². The van der Waals surface area contributed by atoms with Crippen molar-refractivity contribution in [2.45, 2.75) is 40.0 Å². The predicted octanol–water partition coefficient (Wildman–Crippen LogP) is 3.34. The van der Waals surface area contributed by atoms with Crippen LogP contribution in [0.15, 0.2) is 12.1 Å². The second-order valence-electron chi connectivity index (χ2n) is 5.67. The summed E-state index contributed by atoms with van der Waals surface area (Å²) in [6.07, 6.45) is 1.51. The number of esters is 1. The molecule has 0 saturated heterocycles. The molecule has 1 aromatic rings. The molecule has 0 N–H and O–H groups in total. The van der Waals surface area contributed by atoms with Gasteiger partial charge in [-0.25, -0.2) is 0 Å². The van der Waals surface area contributed by atoms with Crippen LogP contribution in [-0.2, 0) is 27.2 Å². The molecule has 1 aromatic carbocycles. The van der Waals surface area contributed by atoms with Crippen LogP contribution in [0.5, 0.6) is 0 Å². The van der Waals surface area contributed by atoms with Gasteiger partial charge in [0, 0.05) is 11.4 Å². The molecular formula is C16H20ClNO3. The maximum Gasteiger partial charge on any atom is 0.307 e. The molecule has 0 radical (unpaired) electrons. The Bertz CT molecular complexity index is 569. The molecule has 2 rings (SSSR count). The summed E-state index contributed by atoms with van der Waals surface area (Å²) >= 11 is 6.21. The standard InChI is InChI=1S/C16H20ClNO3/c1-4-11-6-12-7-15(19)18(14(12)8-13(11)17)9-21-16(20)5-10(2)3/h6,8,10H,4-5,7,9H2,1-3H3. The Hall–Kier alpha value is -1.55. The van der Waals surface area contributed by atoms with E-state index in [2.05, 4.69) is 0 Å². The van der Waals surface area contributed by atoms with Gasteiger partial charge in [-0.05, 0) is 29.5 Å². The lowest BCUT2D eigenvalue weighted by Crippen LogP contribution is -2.31. The van der Waals surface area contributed by atoms with Gasteiger partial charge in [0.1, 0.15) is 0 Å². The lowest BCUT2D eigenvalue weighted by atomic mass is 10.1. The van der Waals surface area contributed by atoms with Gasteiger partial charge in [0.2, 0.25) is 5.91 Å². The van der Waals surface area contributed by atoms with E-state index in [1.165, 1.54) is 4.90 Å². The first-order chi connectivity index (χ1) is 9.92. The van der Waals surface area contributed by atoms with E-state index in [4.69, 9.17) is 16.3 Å². The molecule has 21 heavy (non-hydrogen) atoms. The molecular weight excluding hydrogens is 290 g/mol. The Kier molecular flexibility index (Phi) is 4.88. The van der Waals surface area contributed by atoms with Crippen LogP contribution in [0.3, 0.4) is 0 Å². The van der Waals surface area contributed by atoms with E-state index in [1.54, 1.807) is 6.07 Å². The third-order valence-corrected chi connectivity index (χ3v) is 3.84. The summed E-state index contributed by atoms with van der Waals surface area (Å²) in [4.78, 5) is 25.2. The molecule has 0 bridgehead atoms. The highest BCUT2D eigenvalue weighted by Gasteiger charge is 2.29. The number of rotatable bonds is 5. The van der Waals surface area contributed by atoms with Crippen molar-refractivity contribution in [3.8, 4) is 0 Å². The number of fused-ring (bicyclic) bond motifs is 1. The van der Waals surface area contributed by atoms with Crippen molar-refractivity contribution >= 4 is 29.2 Å². The number of benzene rings is 1. The van der Waals surface area contributed by atoms with Crippen LogP contribution in [0.4, 0.5) is 5.69 Å². The van der Waals surface area contributed by atoms with Crippen LogP contribution >= 0.6 is 11.6 Å². The maximum absolute atomic E-state index is 12.1. The van der Waals surface area contributed by atoms with Gasteiger partial charge in [-0.15, -0.1) is 0 Å². The molecule has 1 aliphatic rings. The number of nitrogens with zero attached hydrogens (tertiary/aromatic N) is 1. The fourth-order valence-corrected chi connectivity index (χ4v) is 2.68. The highest BCUT2D eigenvalue weighted by molar-refractivity contribution is 6.32. The molecule has 0 saturated carbocycles. The minimum Gasteiger partial charge on any atom is -0.444 e. The highest BCUT2D eigenvalue weighted by Crippen LogP contribution is 2.34. The topological polar surface area (TPSA) is 46.6 Å². The van der Waals surface area contributed by atoms with Gasteiger partial charge in [-0.1, -0.05) is 38.4 Å². The number of hydrogen-bond acceptors (Lipinski definition) is 3. The van der Waals surface area contributed by atoms with Crippen LogP contribution < -0.4 is 4.90 Å². The van der Waals surface area contributed by atoms with Crippen LogP contribution in [0.2, 0.25) is 5.02 Å². The van der Waals surface area contributed by atoms with Crippen molar-refractivity contribution in [3.63, 3.8) is 0 Å². The van der Waals surface area contributed by atoms with Crippen LogP contribution in [0, 0.1) is 5.92 Å². The molecule has 4 nitrogen and oxygen atoms in total. The summed E-state index contributed by atoms with van der Waals surface area (Å²) in [5.74, 6) is -0.116. The fourth-order valence-electron chi connectivity index (χ4n) is 2.39. The number of amides is 1. The number of anilines is 1. The van der Waals surface area contributed by atoms with Gasteiger partial charge >= 0.3 is 5.97 Å². The number of ether oxygens (including phenoxy) is 1. The van der Waals surface area contributed by atoms with Gasteiger partial charge in [-0.2, -0.15) is 0 Å². The van der Waals surface area contributed by atoms with E-state index in [0.717, 1.165) is 23.2 Å². The molecule has 0 aliphatic carbocycles. The smallest absolute Gasteiger partial charge is 0.307 e. The van der Waals surface area contributed by atoms with E-state index >= 15 is 0 Å². The quantitative estimate of drug-likeness (QED) is 0.784. The molecule has 0 aromatic heterocycles. The predicted molar refractivity (Wildman–Crippen MR) is 82.4 cm³/mol. The molecule has 1 aliphatic heterocycles. The Morgan fingerprint density at radius 2 is 2.14 bits per heavy atom. The molecule has 5 heteroatoms. The van der Waals surface area contributed by atoms with Gasteiger partial charge < -0.3 is 4.74 Å². The SMILES string of the molecule is CCc1cc2c(cc1Cl)N(COC(=O)CC(C)C)C(=O)C2. The second-order valence-corrected chi connectivity index (χ2v) is 6.08. The van der Waals surface area contributed by atoms with E-state index in [-0.39, 0.29) is 24.5 Å². The third kappa shape index (κ3) is 3.56. The summed E-state index contributed by atoms with van der Waals surface area (Å²) in [5.41, 5.74) is 2.72. The number of carbonyl (C=O) groups excluding carboxylic acids is 2. The Labute approximate surface area is 130 Å². The second kappa shape index (κ2) is 6.48. The van der Waals surface area contributed by atoms with Gasteiger partial charge in [0.05, 0.1) is 12.1 Å². The molecule has 0 spiro atoms. The zero-order valence-corrected chi connectivity index (χ0v) is 13.4. The first-order valence-electron chi connectivity index (χ1n) is 7.19. The molecule has 1 amide bonds. The minimum absolute atomic E-state index is 0.0425. The van der Waals surface area contributed by atoms with Crippen LogP contribution in [-0.4, -0.2) is 18.6 Å². The average molecular weight is 310 g/mol. The number of hydrogen-bond donors (Lipinski definition) is 0. The number of aryl methyl sites for hydroxylation is 1. The summed E-state index contributed by atoms with van der Waals surface area (Å²) in [7, 11) is 0. The van der Waals surface area contributed by atoms with Crippen molar-refractivity contribution in [2.75, 3.05) is 11.6 Å². The van der Waals surface area contributed by atoms with Crippen LogP contribution in [0.25, 0.3) is 0 Å². The van der Waals surface area contributed by atoms with E-state index in [0.29, 0.717) is 17.9 Å². The van der Waals surface area contributed by atoms with Gasteiger partial charge in [-0.3, -0.25) is 14.5 Å². The zero-order valence-electron chi connectivity index (χ0n) is 12.6. The largest absolute Gasteiger partial charge is 0.444 e. The fraction of sp³-hybridized carbons (Fsp3) is 0.500. The third-order valence-electron chi connectivity index (χ3n) is 3.49. The van der Waals surface area contributed by atoms with Crippen molar-refractivity contribution in [1.29, 1.82) is 0 Å². The summed E-state index contributed by atoms with van der Waals surface area (Å²) in [6.45, 7) is 5.88.